The minimum atomic E-state index is -0.156. The molecule has 0 spiro atoms. The molecule has 0 radical (unpaired) electrons. The summed E-state index contributed by atoms with van der Waals surface area (Å²) < 4.78 is 12.8. The Balaban J connectivity index is 2.78. The monoisotopic (exact) mass is 272 g/mol. The van der Waals surface area contributed by atoms with E-state index >= 15 is 0 Å². The van der Waals surface area contributed by atoms with Crippen LogP contribution in [0.1, 0.15) is 32.3 Å². The second kappa shape index (κ2) is 5.64. The summed E-state index contributed by atoms with van der Waals surface area (Å²) in [5, 5.41) is 1.00. The van der Waals surface area contributed by atoms with Crippen LogP contribution in [0.25, 0.3) is 0 Å². The molecule has 1 aromatic carbocycles. The lowest BCUT2D eigenvalue weighted by molar-refractivity contribution is 0.307. The zero-order valence-corrected chi connectivity index (χ0v) is 11.0. The Morgan fingerprint density at radius 2 is 1.67 bits per heavy atom. The number of hydrogen-bond donors (Lipinski definition) is 0. The summed E-state index contributed by atoms with van der Waals surface area (Å²) in [6, 6.07) is 6.86. The second-order valence-electron chi connectivity index (χ2n) is 4.14. The Hall–Kier alpha value is -0.370. The van der Waals surface area contributed by atoms with Crippen LogP contribution in [0.15, 0.2) is 24.3 Å². The molecule has 0 unspecified atom stereocenters. The van der Waals surface area contributed by atoms with E-state index < -0.39 is 0 Å². The van der Waals surface area contributed by atoms with Crippen molar-refractivity contribution in [3.05, 3.63) is 35.6 Å². The standard InChI is InChI=1S/C13H18BrF/c1-3-13(4-2,10-14)9-11-5-7-12(15)8-6-11/h5-8H,3-4,9-10H2,1-2H3. The molecule has 1 rings (SSSR count). The molecule has 1 aromatic rings. The molecule has 0 aliphatic rings. The molecule has 0 aromatic heterocycles. The van der Waals surface area contributed by atoms with Gasteiger partial charge in [0.1, 0.15) is 5.82 Å². The van der Waals surface area contributed by atoms with Crippen LogP contribution in [0.3, 0.4) is 0 Å². The maximum Gasteiger partial charge on any atom is 0.123 e. The number of hydrogen-bond acceptors (Lipinski definition) is 0. The Kier molecular flexibility index (Phi) is 4.78. The summed E-state index contributed by atoms with van der Waals surface area (Å²) in [7, 11) is 0. The molecule has 0 aliphatic heterocycles. The summed E-state index contributed by atoms with van der Waals surface area (Å²) in [5.74, 6) is -0.156. The molecular formula is C13H18BrF. The minimum Gasteiger partial charge on any atom is -0.207 e. The quantitative estimate of drug-likeness (QED) is 0.689. The van der Waals surface area contributed by atoms with E-state index in [-0.39, 0.29) is 5.82 Å². The lowest BCUT2D eigenvalue weighted by Crippen LogP contribution is -2.23. The van der Waals surface area contributed by atoms with E-state index in [1.165, 1.54) is 5.56 Å². The highest BCUT2D eigenvalue weighted by molar-refractivity contribution is 9.09. The lowest BCUT2D eigenvalue weighted by Gasteiger charge is -2.29. The van der Waals surface area contributed by atoms with Gasteiger partial charge in [0.25, 0.3) is 0 Å². The van der Waals surface area contributed by atoms with E-state index in [0.29, 0.717) is 5.41 Å². The smallest absolute Gasteiger partial charge is 0.123 e. The van der Waals surface area contributed by atoms with Gasteiger partial charge >= 0.3 is 0 Å². The molecule has 0 fully saturated rings. The predicted octanol–water partition coefficient (Wildman–Crippen LogP) is 4.57. The van der Waals surface area contributed by atoms with Gasteiger partial charge in [0.2, 0.25) is 0 Å². The average Bonchev–Trinajstić information content (AvgIpc) is 2.29. The SMILES string of the molecule is CCC(CC)(CBr)Cc1ccc(F)cc1. The van der Waals surface area contributed by atoms with Crippen LogP contribution in [-0.4, -0.2) is 5.33 Å². The maximum atomic E-state index is 12.8. The van der Waals surface area contributed by atoms with E-state index in [1.54, 1.807) is 12.1 Å². The number of halogens is 2. The second-order valence-corrected chi connectivity index (χ2v) is 4.70. The first-order valence-electron chi connectivity index (χ1n) is 5.46. The van der Waals surface area contributed by atoms with Crippen molar-refractivity contribution in [3.8, 4) is 0 Å². The fraction of sp³-hybridized carbons (Fsp3) is 0.538. The van der Waals surface area contributed by atoms with Crippen molar-refractivity contribution in [2.24, 2.45) is 5.41 Å². The fourth-order valence-corrected chi connectivity index (χ4v) is 2.76. The number of alkyl halides is 1. The highest BCUT2D eigenvalue weighted by Crippen LogP contribution is 2.32. The van der Waals surface area contributed by atoms with Gasteiger partial charge in [-0.05, 0) is 42.4 Å². The average molecular weight is 273 g/mol. The van der Waals surface area contributed by atoms with Gasteiger partial charge in [0.15, 0.2) is 0 Å². The van der Waals surface area contributed by atoms with Gasteiger partial charge in [-0.1, -0.05) is 41.9 Å². The van der Waals surface area contributed by atoms with Gasteiger partial charge < -0.3 is 0 Å². The number of benzene rings is 1. The molecule has 0 saturated heterocycles. The van der Waals surface area contributed by atoms with Crippen LogP contribution in [-0.2, 0) is 6.42 Å². The predicted molar refractivity (Wildman–Crippen MR) is 66.9 cm³/mol. The van der Waals surface area contributed by atoms with Crippen molar-refractivity contribution >= 4 is 15.9 Å². The van der Waals surface area contributed by atoms with Crippen molar-refractivity contribution in [3.63, 3.8) is 0 Å². The van der Waals surface area contributed by atoms with E-state index in [9.17, 15) is 4.39 Å². The van der Waals surface area contributed by atoms with Crippen LogP contribution in [0.4, 0.5) is 4.39 Å². The Morgan fingerprint density at radius 3 is 2.07 bits per heavy atom. The van der Waals surface area contributed by atoms with Gasteiger partial charge in [-0.25, -0.2) is 4.39 Å². The zero-order chi connectivity index (χ0) is 11.3. The lowest BCUT2D eigenvalue weighted by atomic mass is 9.79. The van der Waals surface area contributed by atoms with E-state index in [1.807, 2.05) is 12.1 Å². The molecule has 0 N–H and O–H groups in total. The Bertz CT molecular complexity index is 280. The topological polar surface area (TPSA) is 0 Å². The van der Waals surface area contributed by atoms with E-state index in [4.69, 9.17) is 0 Å². The molecule has 2 heteroatoms. The van der Waals surface area contributed by atoms with Gasteiger partial charge in [0.05, 0.1) is 0 Å². The summed E-state index contributed by atoms with van der Waals surface area (Å²) in [5.41, 5.74) is 1.54. The summed E-state index contributed by atoms with van der Waals surface area (Å²) in [6.07, 6.45) is 3.31. The first-order valence-corrected chi connectivity index (χ1v) is 6.58. The normalized spacial score (nSPS) is 11.7. The zero-order valence-electron chi connectivity index (χ0n) is 9.39. The minimum absolute atomic E-state index is 0.156. The molecular weight excluding hydrogens is 255 g/mol. The fourth-order valence-electron chi connectivity index (χ4n) is 1.77. The summed E-state index contributed by atoms with van der Waals surface area (Å²) in [6.45, 7) is 4.43. The van der Waals surface area contributed by atoms with E-state index in [0.717, 1.165) is 24.6 Å². The van der Waals surface area contributed by atoms with Crippen LogP contribution in [0, 0.1) is 11.2 Å². The highest BCUT2D eigenvalue weighted by atomic mass is 79.9. The maximum absolute atomic E-state index is 12.8. The van der Waals surface area contributed by atoms with Crippen LogP contribution in [0.5, 0.6) is 0 Å². The highest BCUT2D eigenvalue weighted by Gasteiger charge is 2.24. The largest absolute Gasteiger partial charge is 0.207 e. The van der Waals surface area contributed by atoms with Gasteiger partial charge in [-0.2, -0.15) is 0 Å². The molecule has 0 nitrogen and oxygen atoms in total. The molecule has 15 heavy (non-hydrogen) atoms. The van der Waals surface area contributed by atoms with E-state index in [2.05, 4.69) is 29.8 Å². The Morgan fingerprint density at radius 1 is 1.13 bits per heavy atom. The first kappa shape index (κ1) is 12.7. The van der Waals surface area contributed by atoms with Gasteiger partial charge in [0, 0.05) is 5.33 Å². The van der Waals surface area contributed by atoms with Crippen LogP contribution < -0.4 is 0 Å². The molecule has 0 aliphatic carbocycles. The third-order valence-electron chi connectivity index (χ3n) is 3.28. The Labute approximate surface area is 100 Å². The van der Waals surface area contributed by atoms with Crippen molar-refractivity contribution in [1.29, 1.82) is 0 Å². The van der Waals surface area contributed by atoms with Crippen LogP contribution >= 0.6 is 15.9 Å². The summed E-state index contributed by atoms with van der Waals surface area (Å²) in [4.78, 5) is 0. The summed E-state index contributed by atoms with van der Waals surface area (Å²) >= 11 is 3.59. The third kappa shape index (κ3) is 3.30. The van der Waals surface area contributed by atoms with Crippen molar-refractivity contribution in [2.45, 2.75) is 33.1 Å². The van der Waals surface area contributed by atoms with Crippen LogP contribution in [0.2, 0.25) is 0 Å². The van der Waals surface area contributed by atoms with Gasteiger partial charge in [-0.15, -0.1) is 0 Å². The third-order valence-corrected chi connectivity index (χ3v) is 4.47. The molecule has 84 valence electrons. The molecule has 0 atom stereocenters. The molecule has 0 amide bonds. The van der Waals surface area contributed by atoms with Gasteiger partial charge in [-0.3, -0.25) is 0 Å². The molecule has 0 saturated carbocycles. The molecule has 0 heterocycles. The first-order chi connectivity index (χ1) is 7.15. The van der Waals surface area contributed by atoms with Crippen molar-refractivity contribution in [2.75, 3.05) is 5.33 Å². The molecule has 0 bridgehead atoms. The van der Waals surface area contributed by atoms with Crippen molar-refractivity contribution < 1.29 is 4.39 Å². The van der Waals surface area contributed by atoms with Crippen molar-refractivity contribution in [1.82, 2.24) is 0 Å². The number of rotatable bonds is 5.